The normalized spacial score (nSPS) is 22.1. The molecule has 1 aliphatic rings. The number of amides is 1. The predicted molar refractivity (Wildman–Crippen MR) is 116 cm³/mol. The average molecular weight is 383 g/mol. The number of nitrogens with one attached hydrogen (secondary N) is 4. The first-order valence-corrected chi connectivity index (χ1v) is 11.7. The first kappa shape index (κ1) is 24.4. The van der Waals surface area contributed by atoms with Gasteiger partial charge in [-0.05, 0) is 64.8 Å². The van der Waals surface area contributed by atoms with Crippen molar-refractivity contribution < 1.29 is 4.79 Å². The fraction of sp³-hybridized carbons (Fsp3) is 0.955. The molecule has 1 amide bonds. The Bertz CT molecular complexity index is 338. The van der Waals surface area contributed by atoms with Gasteiger partial charge in [0.2, 0.25) is 5.91 Å². The minimum absolute atomic E-state index is 0.206. The van der Waals surface area contributed by atoms with Crippen molar-refractivity contribution in [1.29, 1.82) is 0 Å². The van der Waals surface area contributed by atoms with Crippen molar-refractivity contribution in [2.75, 3.05) is 39.3 Å². The highest BCUT2D eigenvalue weighted by molar-refractivity contribution is 5.76. The number of hydrogen-bond donors (Lipinski definition) is 4. The molecule has 160 valence electrons. The highest BCUT2D eigenvalue weighted by atomic mass is 16.1. The van der Waals surface area contributed by atoms with E-state index in [0.717, 1.165) is 58.5 Å². The van der Waals surface area contributed by atoms with Gasteiger partial charge in [0.15, 0.2) is 0 Å². The lowest BCUT2D eigenvalue weighted by Gasteiger charge is -2.19. The van der Waals surface area contributed by atoms with Gasteiger partial charge in [-0.15, -0.1) is 0 Å². The summed E-state index contributed by atoms with van der Waals surface area (Å²) in [5.41, 5.74) is 0. The van der Waals surface area contributed by atoms with E-state index in [2.05, 4.69) is 28.2 Å². The summed E-state index contributed by atoms with van der Waals surface area (Å²) in [4.78, 5) is 12.3. The first-order valence-electron chi connectivity index (χ1n) is 11.7. The molecule has 5 heteroatoms. The van der Waals surface area contributed by atoms with Crippen LogP contribution in [0.25, 0.3) is 0 Å². The van der Waals surface area contributed by atoms with E-state index < -0.39 is 0 Å². The maximum Gasteiger partial charge on any atom is 0.221 e. The van der Waals surface area contributed by atoms with Crippen molar-refractivity contribution in [1.82, 2.24) is 21.3 Å². The summed E-state index contributed by atoms with van der Waals surface area (Å²) < 4.78 is 0. The molecule has 1 fully saturated rings. The Morgan fingerprint density at radius 3 is 2.04 bits per heavy atom. The lowest BCUT2D eigenvalue weighted by atomic mass is 10.0. The zero-order chi connectivity index (χ0) is 19.4. The van der Waals surface area contributed by atoms with Crippen LogP contribution in [0.1, 0.15) is 90.4 Å². The maximum atomic E-state index is 12.3. The van der Waals surface area contributed by atoms with Gasteiger partial charge < -0.3 is 21.3 Å². The van der Waals surface area contributed by atoms with Crippen LogP contribution in [-0.2, 0) is 4.79 Å². The molecule has 0 aromatic carbocycles. The SMILES string of the molecule is CCCCCCCCC[C@H]1CC(=O)NCCCNCCCCNCCCN1. The fourth-order valence-electron chi connectivity index (χ4n) is 3.63. The standard InChI is InChI=1S/C22H46N4O/c1-2-3-4-5-6-7-8-13-21-20-22(27)26-19-12-17-24-15-10-9-14-23-16-11-18-25-21/h21,23-25H,2-20H2,1H3,(H,26,27)/t21-/m0/s1. The molecule has 0 radical (unpaired) electrons. The Balaban J connectivity index is 2.27. The molecule has 1 heterocycles. The number of carbonyl (C=O) groups excluding carboxylic acids is 1. The monoisotopic (exact) mass is 382 g/mol. The van der Waals surface area contributed by atoms with E-state index in [0.29, 0.717) is 12.5 Å². The van der Waals surface area contributed by atoms with E-state index in [1.54, 1.807) is 0 Å². The molecule has 27 heavy (non-hydrogen) atoms. The van der Waals surface area contributed by atoms with Crippen molar-refractivity contribution in [2.24, 2.45) is 0 Å². The number of hydrogen-bond acceptors (Lipinski definition) is 4. The molecule has 1 rings (SSSR count). The lowest BCUT2D eigenvalue weighted by Crippen LogP contribution is -2.37. The van der Waals surface area contributed by atoms with Gasteiger partial charge in [-0.3, -0.25) is 4.79 Å². The molecule has 1 saturated heterocycles. The van der Waals surface area contributed by atoms with E-state index in [1.165, 1.54) is 57.8 Å². The summed E-state index contributed by atoms with van der Waals surface area (Å²) in [6.07, 6.45) is 15.6. The van der Waals surface area contributed by atoms with E-state index in [-0.39, 0.29) is 5.91 Å². The van der Waals surface area contributed by atoms with Crippen molar-refractivity contribution in [3.63, 3.8) is 0 Å². The molecular weight excluding hydrogens is 336 g/mol. The summed E-state index contributed by atoms with van der Waals surface area (Å²) in [7, 11) is 0. The van der Waals surface area contributed by atoms with Crippen molar-refractivity contribution in [3.05, 3.63) is 0 Å². The van der Waals surface area contributed by atoms with Crippen LogP contribution in [-0.4, -0.2) is 51.2 Å². The zero-order valence-corrected chi connectivity index (χ0v) is 17.9. The zero-order valence-electron chi connectivity index (χ0n) is 17.9. The number of unbranched alkanes of at least 4 members (excludes halogenated alkanes) is 6. The fourth-order valence-corrected chi connectivity index (χ4v) is 3.63. The van der Waals surface area contributed by atoms with Crippen LogP contribution in [0.5, 0.6) is 0 Å². The molecule has 0 aliphatic carbocycles. The van der Waals surface area contributed by atoms with Crippen LogP contribution < -0.4 is 21.3 Å². The van der Waals surface area contributed by atoms with Crippen molar-refractivity contribution in [2.45, 2.75) is 96.4 Å². The second kappa shape index (κ2) is 18.7. The molecule has 0 bridgehead atoms. The van der Waals surface area contributed by atoms with Gasteiger partial charge in [-0.1, -0.05) is 51.9 Å². The smallest absolute Gasteiger partial charge is 0.221 e. The van der Waals surface area contributed by atoms with E-state index in [4.69, 9.17) is 0 Å². The van der Waals surface area contributed by atoms with Gasteiger partial charge in [-0.2, -0.15) is 0 Å². The van der Waals surface area contributed by atoms with Crippen LogP contribution in [0, 0.1) is 0 Å². The second-order valence-corrected chi connectivity index (χ2v) is 8.03. The average Bonchev–Trinajstić information content (AvgIpc) is 2.66. The van der Waals surface area contributed by atoms with Gasteiger partial charge in [0.05, 0.1) is 0 Å². The molecule has 5 nitrogen and oxygen atoms in total. The van der Waals surface area contributed by atoms with Gasteiger partial charge in [0.1, 0.15) is 0 Å². The quantitative estimate of drug-likeness (QED) is 0.486. The Morgan fingerprint density at radius 2 is 1.33 bits per heavy atom. The third-order valence-electron chi connectivity index (χ3n) is 5.36. The summed E-state index contributed by atoms with van der Waals surface area (Å²) in [5.74, 6) is 0.206. The largest absolute Gasteiger partial charge is 0.356 e. The van der Waals surface area contributed by atoms with Gasteiger partial charge in [0.25, 0.3) is 0 Å². The highest BCUT2D eigenvalue weighted by Gasteiger charge is 2.13. The lowest BCUT2D eigenvalue weighted by molar-refractivity contribution is -0.121. The van der Waals surface area contributed by atoms with Crippen LogP contribution in [0.4, 0.5) is 0 Å². The maximum absolute atomic E-state index is 12.3. The van der Waals surface area contributed by atoms with E-state index in [9.17, 15) is 4.79 Å². The minimum atomic E-state index is 0.206. The van der Waals surface area contributed by atoms with E-state index in [1.807, 2.05) is 0 Å². The molecule has 0 aromatic heterocycles. The third kappa shape index (κ3) is 16.0. The summed E-state index contributed by atoms with van der Waals surface area (Å²) in [6, 6.07) is 0.328. The number of carbonyl (C=O) groups is 1. The highest BCUT2D eigenvalue weighted by Crippen LogP contribution is 2.11. The van der Waals surface area contributed by atoms with Gasteiger partial charge in [-0.25, -0.2) is 0 Å². The molecule has 0 saturated carbocycles. The molecule has 0 unspecified atom stereocenters. The van der Waals surface area contributed by atoms with Crippen LogP contribution >= 0.6 is 0 Å². The Labute approximate surface area is 168 Å². The van der Waals surface area contributed by atoms with E-state index >= 15 is 0 Å². The minimum Gasteiger partial charge on any atom is -0.356 e. The molecule has 0 spiro atoms. The molecule has 4 N–H and O–H groups in total. The summed E-state index contributed by atoms with van der Waals surface area (Å²) in [5, 5.41) is 13.7. The summed E-state index contributed by atoms with van der Waals surface area (Å²) in [6.45, 7) is 8.31. The molecule has 0 aromatic rings. The summed E-state index contributed by atoms with van der Waals surface area (Å²) >= 11 is 0. The second-order valence-electron chi connectivity index (χ2n) is 8.03. The number of rotatable bonds is 8. The topological polar surface area (TPSA) is 65.2 Å². The molecule has 1 aliphatic heterocycles. The molecular formula is C22H46N4O. The van der Waals surface area contributed by atoms with Gasteiger partial charge in [0, 0.05) is 19.0 Å². The first-order chi connectivity index (χ1) is 13.3. The predicted octanol–water partition coefficient (Wildman–Crippen LogP) is 3.34. The van der Waals surface area contributed by atoms with Crippen LogP contribution in [0.15, 0.2) is 0 Å². The Kier molecular flexibility index (Phi) is 16.9. The Hall–Kier alpha value is -0.650. The molecule has 1 atom stereocenters. The van der Waals surface area contributed by atoms with Crippen LogP contribution in [0.2, 0.25) is 0 Å². The van der Waals surface area contributed by atoms with Crippen LogP contribution in [0.3, 0.4) is 0 Å². The van der Waals surface area contributed by atoms with Gasteiger partial charge >= 0.3 is 0 Å². The third-order valence-corrected chi connectivity index (χ3v) is 5.36. The van der Waals surface area contributed by atoms with Crippen molar-refractivity contribution in [3.8, 4) is 0 Å². The Morgan fingerprint density at radius 1 is 0.741 bits per heavy atom. The van der Waals surface area contributed by atoms with Crippen molar-refractivity contribution >= 4 is 5.91 Å².